The zero-order chi connectivity index (χ0) is 13.6. The molecule has 0 saturated heterocycles. The molecule has 0 unspecified atom stereocenters. The van der Waals surface area contributed by atoms with Crippen molar-refractivity contribution >= 4 is 9.84 Å². The first-order chi connectivity index (χ1) is 8.26. The SMILES string of the molecule is N#Cc1cc(C(F)(F)F)cnc1S(=O)(=O)C1CC1. The molecule has 96 valence electrons. The van der Waals surface area contributed by atoms with Gasteiger partial charge in [-0.25, -0.2) is 13.4 Å². The highest BCUT2D eigenvalue weighted by Gasteiger charge is 2.40. The van der Waals surface area contributed by atoms with Gasteiger partial charge in [0, 0.05) is 6.20 Å². The highest BCUT2D eigenvalue weighted by molar-refractivity contribution is 7.92. The van der Waals surface area contributed by atoms with Gasteiger partial charge in [-0.05, 0) is 18.9 Å². The summed E-state index contributed by atoms with van der Waals surface area (Å²) in [5.41, 5.74) is -1.69. The van der Waals surface area contributed by atoms with Crippen LogP contribution in [0, 0.1) is 11.3 Å². The van der Waals surface area contributed by atoms with Crippen molar-refractivity contribution in [2.24, 2.45) is 0 Å². The summed E-state index contributed by atoms with van der Waals surface area (Å²) in [4.78, 5) is 3.32. The molecule has 18 heavy (non-hydrogen) atoms. The van der Waals surface area contributed by atoms with Gasteiger partial charge in [0.15, 0.2) is 14.9 Å². The number of halogens is 3. The van der Waals surface area contributed by atoms with Crippen molar-refractivity contribution in [1.29, 1.82) is 5.26 Å². The number of pyridine rings is 1. The normalized spacial score (nSPS) is 16.3. The lowest BCUT2D eigenvalue weighted by Crippen LogP contribution is -2.14. The fourth-order valence-electron chi connectivity index (χ4n) is 1.45. The second kappa shape index (κ2) is 3.95. The van der Waals surface area contributed by atoms with Crippen LogP contribution in [0.25, 0.3) is 0 Å². The fraction of sp³-hybridized carbons (Fsp3) is 0.400. The number of rotatable bonds is 2. The zero-order valence-corrected chi connectivity index (χ0v) is 9.72. The summed E-state index contributed by atoms with van der Waals surface area (Å²) in [7, 11) is -3.77. The van der Waals surface area contributed by atoms with Crippen molar-refractivity contribution < 1.29 is 21.6 Å². The van der Waals surface area contributed by atoms with Gasteiger partial charge in [-0.2, -0.15) is 18.4 Å². The molecular formula is C10H7F3N2O2S. The first-order valence-electron chi connectivity index (χ1n) is 4.98. The van der Waals surface area contributed by atoms with Gasteiger partial charge in [0.1, 0.15) is 6.07 Å². The largest absolute Gasteiger partial charge is 0.417 e. The van der Waals surface area contributed by atoms with Crippen LogP contribution in [0.3, 0.4) is 0 Å². The van der Waals surface area contributed by atoms with Gasteiger partial charge in [-0.3, -0.25) is 0 Å². The molecule has 8 heteroatoms. The molecule has 1 aliphatic carbocycles. The summed E-state index contributed by atoms with van der Waals surface area (Å²) in [6.07, 6.45) is -3.30. The molecule has 0 atom stereocenters. The van der Waals surface area contributed by atoms with E-state index < -0.39 is 37.4 Å². The molecule has 4 nitrogen and oxygen atoms in total. The molecule has 0 aromatic carbocycles. The lowest BCUT2D eigenvalue weighted by atomic mass is 10.2. The molecular weight excluding hydrogens is 269 g/mol. The van der Waals surface area contributed by atoms with E-state index in [-0.39, 0.29) is 0 Å². The Kier molecular flexibility index (Phi) is 2.81. The van der Waals surface area contributed by atoms with E-state index in [0.717, 1.165) is 0 Å². The summed E-state index contributed by atoms with van der Waals surface area (Å²) in [6, 6.07) is 1.97. The minimum atomic E-state index is -4.65. The molecule has 1 aromatic rings. The Morgan fingerprint density at radius 2 is 2.00 bits per heavy atom. The molecule has 0 radical (unpaired) electrons. The van der Waals surface area contributed by atoms with E-state index in [9.17, 15) is 21.6 Å². The van der Waals surface area contributed by atoms with Crippen LogP contribution in [0.4, 0.5) is 13.2 Å². The minimum absolute atomic E-state index is 0.441. The molecule has 1 saturated carbocycles. The van der Waals surface area contributed by atoms with E-state index in [1.807, 2.05) is 0 Å². The summed E-state index contributed by atoms with van der Waals surface area (Å²) >= 11 is 0. The number of nitrogens with zero attached hydrogens (tertiary/aromatic N) is 2. The number of alkyl halides is 3. The van der Waals surface area contributed by atoms with E-state index in [4.69, 9.17) is 5.26 Å². The molecule has 0 spiro atoms. The minimum Gasteiger partial charge on any atom is -0.243 e. The van der Waals surface area contributed by atoms with Crippen LogP contribution in [-0.2, 0) is 16.0 Å². The first kappa shape index (κ1) is 12.8. The molecule has 0 N–H and O–H groups in total. The third-order valence-electron chi connectivity index (χ3n) is 2.53. The summed E-state index contributed by atoms with van der Waals surface area (Å²) in [6.45, 7) is 0. The van der Waals surface area contributed by atoms with Gasteiger partial charge in [-0.1, -0.05) is 0 Å². The summed E-state index contributed by atoms with van der Waals surface area (Å²) < 4.78 is 60.9. The molecule has 1 aliphatic rings. The topological polar surface area (TPSA) is 70.8 Å². The fourth-order valence-corrected chi connectivity index (χ4v) is 3.13. The van der Waals surface area contributed by atoms with Gasteiger partial charge in [0.25, 0.3) is 0 Å². The monoisotopic (exact) mass is 276 g/mol. The van der Waals surface area contributed by atoms with Crippen molar-refractivity contribution in [3.63, 3.8) is 0 Å². The van der Waals surface area contributed by atoms with Crippen LogP contribution in [0.2, 0.25) is 0 Å². The Bertz CT molecular complexity index is 628. The maximum atomic E-state index is 12.4. The van der Waals surface area contributed by atoms with Crippen molar-refractivity contribution in [3.8, 4) is 6.07 Å². The lowest BCUT2D eigenvalue weighted by Gasteiger charge is -2.09. The van der Waals surface area contributed by atoms with Gasteiger partial charge in [0.2, 0.25) is 0 Å². The maximum Gasteiger partial charge on any atom is 0.417 e. The van der Waals surface area contributed by atoms with Crippen LogP contribution >= 0.6 is 0 Å². The molecule has 0 aliphatic heterocycles. The molecule has 2 rings (SSSR count). The van der Waals surface area contributed by atoms with E-state index >= 15 is 0 Å². The van der Waals surface area contributed by atoms with Crippen molar-refractivity contribution in [1.82, 2.24) is 4.98 Å². The van der Waals surface area contributed by atoms with Crippen molar-refractivity contribution in [2.45, 2.75) is 29.3 Å². The summed E-state index contributed by atoms with van der Waals surface area (Å²) in [5.74, 6) is 0. The Morgan fingerprint density at radius 1 is 1.39 bits per heavy atom. The Balaban J connectivity index is 2.55. The first-order valence-corrected chi connectivity index (χ1v) is 6.52. The van der Waals surface area contributed by atoms with E-state index in [0.29, 0.717) is 25.1 Å². The molecule has 0 amide bonds. The highest BCUT2D eigenvalue weighted by atomic mass is 32.2. The van der Waals surface area contributed by atoms with Crippen LogP contribution in [-0.4, -0.2) is 18.7 Å². The average Bonchev–Trinajstić information content (AvgIpc) is 3.10. The Hall–Kier alpha value is -1.62. The molecule has 1 heterocycles. The quantitative estimate of drug-likeness (QED) is 0.827. The van der Waals surface area contributed by atoms with Crippen LogP contribution in [0.1, 0.15) is 24.0 Å². The maximum absolute atomic E-state index is 12.4. The van der Waals surface area contributed by atoms with Gasteiger partial charge < -0.3 is 0 Å². The predicted molar refractivity (Wildman–Crippen MR) is 54.2 cm³/mol. The molecule has 0 bridgehead atoms. The summed E-state index contributed by atoms with van der Waals surface area (Å²) in [5, 5.41) is 7.58. The third-order valence-corrected chi connectivity index (χ3v) is 4.75. The van der Waals surface area contributed by atoms with Gasteiger partial charge in [-0.15, -0.1) is 0 Å². The van der Waals surface area contributed by atoms with Gasteiger partial charge >= 0.3 is 6.18 Å². The average molecular weight is 276 g/mol. The lowest BCUT2D eigenvalue weighted by molar-refractivity contribution is -0.137. The second-order valence-corrected chi connectivity index (χ2v) is 6.07. The standard InChI is InChI=1S/C10H7F3N2O2S/c11-10(12,13)7-3-6(4-14)9(15-5-7)18(16,17)8-1-2-8/h3,5,8H,1-2H2. The van der Waals surface area contributed by atoms with Crippen molar-refractivity contribution in [3.05, 3.63) is 23.4 Å². The van der Waals surface area contributed by atoms with E-state index in [2.05, 4.69) is 4.98 Å². The van der Waals surface area contributed by atoms with Crippen molar-refractivity contribution in [2.75, 3.05) is 0 Å². The third kappa shape index (κ3) is 2.18. The van der Waals surface area contributed by atoms with E-state index in [1.165, 1.54) is 6.07 Å². The smallest absolute Gasteiger partial charge is 0.243 e. The molecule has 1 aromatic heterocycles. The zero-order valence-electron chi connectivity index (χ0n) is 8.90. The Morgan fingerprint density at radius 3 is 2.44 bits per heavy atom. The predicted octanol–water partition coefficient (Wildman–Crippen LogP) is 1.91. The number of aromatic nitrogens is 1. The van der Waals surface area contributed by atoms with Crippen LogP contribution < -0.4 is 0 Å². The second-order valence-electron chi connectivity index (χ2n) is 3.93. The van der Waals surface area contributed by atoms with E-state index in [1.54, 1.807) is 0 Å². The number of sulfone groups is 1. The number of nitriles is 1. The van der Waals surface area contributed by atoms with Crippen LogP contribution in [0.15, 0.2) is 17.3 Å². The number of hydrogen-bond acceptors (Lipinski definition) is 4. The van der Waals surface area contributed by atoms with Gasteiger partial charge in [0.05, 0.1) is 16.4 Å². The highest BCUT2D eigenvalue weighted by Crippen LogP contribution is 2.35. The molecule has 1 fully saturated rings. The van der Waals surface area contributed by atoms with Crippen LogP contribution in [0.5, 0.6) is 0 Å². The Labute approximate surface area is 101 Å². The number of hydrogen-bond donors (Lipinski definition) is 0.